The highest BCUT2D eigenvalue weighted by Gasteiger charge is 2.64. The fourth-order valence-corrected chi connectivity index (χ4v) is 8.64. The molecule has 1 heterocycles. The highest BCUT2D eigenvalue weighted by atomic mass is 16.3. The number of hydrogen-bond donors (Lipinski definition) is 4. The van der Waals surface area contributed by atoms with E-state index in [0.29, 0.717) is 25.7 Å². The van der Waals surface area contributed by atoms with Crippen molar-refractivity contribution in [1.29, 1.82) is 0 Å². The van der Waals surface area contributed by atoms with E-state index in [1.54, 1.807) is 0 Å². The molecule has 0 aromatic heterocycles. The number of allylic oxidation sites excluding steroid dienone is 3. The van der Waals surface area contributed by atoms with Crippen LogP contribution in [0.2, 0.25) is 0 Å². The van der Waals surface area contributed by atoms with Crippen LogP contribution in [0.15, 0.2) is 35.1 Å². The van der Waals surface area contributed by atoms with Crippen molar-refractivity contribution in [1.82, 2.24) is 5.32 Å². The van der Waals surface area contributed by atoms with Crippen molar-refractivity contribution >= 4 is 11.7 Å². The summed E-state index contributed by atoms with van der Waals surface area (Å²) in [6.07, 6.45) is 9.66. The second-order valence-corrected chi connectivity index (χ2v) is 13.0. The Hall–Kier alpha value is -1.92. The zero-order valence-corrected chi connectivity index (χ0v) is 22.4. The van der Waals surface area contributed by atoms with Gasteiger partial charge in [0.15, 0.2) is 5.78 Å². The minimum Gasteiger partial charge on any atom is -0.511 e. The first kappa shape index (κ1) is 25.7. The summed E-state index contributed by atoms with van der Waals surface area (Å²) in [7, 11) is 0. The molecule has 6 nitrogen and oxygen atoms in total. The Bertz CT molecular complexity index is 1060. The van der Waals surface area contributed by atoms with Crippen LogP contribution in [-0.2, 0) is 9.59 Å². The number of aliphatic hydroxyl groups is 3. The number of carbonyl (C=O) groups excluding carboxylic acids is 2. The van der Waals surface area contributed by atoms with Gasteiger partial charge in [0.2, 0.25) is 0 Å². The highest BCUT2D eigenvalue weighted by molar-refractivity contribution is 6.29. The lowest BCUT2D eigenvalue weighted by Crippen LogP contribution is -2.61. The van der Waals surface area contributed by atoms with E-state index in [4.69, 9.17) is 0 Å². The molecule has 198 valence electrons. The van der Waals surface area contributed by atoms with Gasteiger partial charge in [0.1, 0.15) is 16.9 Å². The van der Waals surface area contributed by atoms with E-state index >= 15 is 0 Å². The third-order valence-electron chi connectivity index (χ3n) is 11.1. The molecule has 0 radical (unpaired) electrons. The Morgan fingerprint density at radius 1 is 1.08 bits per heavy atom. The fraction of sp³-hybridized carbons (Fsp3) is 0.733. The number of amides is 1. The van der Waals surface area contributed by atoms with Crippen molar-refractivity contribution in [3.05, 3.63) is 35.1 Å². The van der Waals surface area contributed by atoms with Crippen molar-refractivity contribution in [3.63, 3.8) is 0 Å². The van der Waals surface area contributed by atoms with E-state index in [9.17, 15) is 24.9 Å². The van der Waals surface area contributed by atoms with Crippen molar-refractivity contribution in [3.8, 4) is 0 Å². The molecule has 6 heteroatoms. The standard InChI is InChI=1S/C30H43NO5/c1-6-18-15-28(4)13-16(2)17(3)14-30(28)26(35)24(27(36)31-30)25(34)29(5)19(12-23(18)33)10-11-20-21(29)8-7-9-22(20)32/h10-11,13,17-23,32-34H,6-9,12,14-15H2,1-5H3,(H,31,36)/t17-,18-,19+,20+,21-,22+,23-,28+,29-,30-/m1/s1. The van der Waals surface area contributed by atoms with Crippen LogP contribution in [0.5, 0.6) is 0 Å². The molecule has 1 saturated carbocycles. The quantitative estimate of drug-likeness (QED) is 0.318. The predicted octanol–water partition coefficient (Wildman–Crippen LogP) is 4.38. The van der Waals surface area contributed by atoms with Gasteiger partial charge >= 0.3 is 0 Å². The monoisotopic (exact) mass is 497 g/mol. The van der Waals surface area contributed by atoms with Crippen LogP contribution >= 0.6 is 0 Å². The maximum absolute atomic E-state index is 14.4. The molecule has 2 bridgehead atoms. The summed E-state index contributed by atoms with van der Waals surface area (Å²) in [5.74, 6) is -1.41. The minimum atomic E-state index is -1.15. The fourth-order valence-electron chi connectivity index (χ4n) is 8.64. The van der Waals surface area contributed by atoms with Crippen LogP contribution in [0.25, 0.3) is 0 Å². The molecule has 0 aromatic rings. The Kier molecular flexibility index (Phi) is 6.11. The SMILES string of the molecule is CC[C@@H]1C[C@]2(C)C=C(C)[C@H](C)C[C@]23NC(=O)C(=C(O)[C@@]2(C)[C@@H]4CCC[C@H](O)[C@H]4C=C[C@H]2C[C@H]1O)C3=O. The van der Waals surface area contributed by atoms with E-state index in [-0.39, 0.29) is 46.7 Å². The molecule has 1 spiro atoms. The summed E-state index contributed by atoms with van der Waals surface area (Å²) in [6, 6.07) is 0. The van der Waals surface area contributed by atoms with Gasteiger partial charge in [-0.05, 0) is 62.7 Å². The van der Waals surface area contributed by atoms with Crippen LogP contribution in [0, 0.1) is 40.4 Å². The molecular weight excluding hydrogens is 454 g/mol. The molecule has 4 N–H and O–H groups in total. The Labute approximate surface area is 214 Å². The van der Waals surface area contributed by atoms with E-state index in [0.717, 1.165) is 19.3 Å². The van der Waals surface area contributed by atoms with Crippen LogP contribution < -0.4 is 5.32 Å². The minimum absolute atomic E-state index is 0.0642. The predicted molar refractivity (Wildman–Crippen MR) is 138 cm³/mol. The Morgan fingerprint density at radius 2 is 1.81 bits per heavy atom. The molecule has 1 aliphatic heterocycles. The van der Waals surface area contributed by atoms with Crippen LogP contribution in [-0.4, -0.2) is 44.8 Å². The number of carbonyl (C=O) groups is 2. The second kappa shape index (κ2) is 8.56. The number of fused-ring (bicyclic) bond motifs is 4. The van der Waals surface area contributed by atoms with Crippen molar-refractivity contribution in [2.24, 2.45) is 40.4 Å². The summed E-state index contributed by atoms with van der Waals surface area (Å²) < 4.78 is 0. The molecule has 0 unspecified atom stereocenters. The lowest BCUT2D eigenvalue weighted by atomic mass is 9.53. The summed E-state index contributed by atoms with van der Waals surface area (Å²) in [4.78, 5) is 28.1. The van der Waals surface area contributed by atoms with E-state index in [1.807, 2.05) is 19.9 Å². The zero-order valence-electron chi connectivity index (χ0n) is 22.4. The lowest BCUT2D eigenvalue weighted by molar-refractivity contribution is -0.126. The zero-order chi connectivity index (χ0) is 26.2. The topological polar surface area (TPSA) is 107 Å². The lowest BCUT2D eigenvalue weighted by Gasteiger charge is -2.52. The largest absolute Gasteiger partial charge is 0.511 e. The normalized spacial score (nSPS) is 48.9. The number of nitrogens with one attached hydrogen (secondary N) is 1. The van der Waals surface area contributed by atoms with Gasteiger partial charge in [-0.25, -0.2) is 0 Å². The highest BCUT2D eigenvalue weighted by Crippen LogP contribution is 2.59. The first-order valence-corrected chi connectivity index (χ1v) is 13.9. The molecule has 4 aliphatic carbocycles. The Morgan fingerprint density at radius 3 is 2.50 bits per heavy atom. The number of hydrogen-bond acceptors (Lipinski definition) is 5. The van der Waals surface area contributed by atoms with Gasteiger partial charge in [-0.1, -0.05) is 64.3 Å². The third kappa shape index (κ3) is 3.36. The summed E-state index contributed by atoms with van der Waals surface area (Å²) in [5, 5.41) is 37.6. The van der Waals surface area contributed by atoms with Crippen LogP contribution in [0.1, 0.15) is 79.6 Å². The van der Waals surface area contributed by atoms with Crippen molar-refractivity contribution < 1.29 is 24.9 Å². The van der Waals surface area contributed by atoms with Crippen LogP contribution in [0.4, 0.5) is 0 Å². The summed E-state index contributed by atoms with van der Waals surface area (Å²) in [5.41, 5.74) is -1.68. The first-order valence-electron chi connectivity index (χ1n) is 13.9. The molecule has 1 amide bonds. The van der Waals surface area contributed by atoms with E-state index in [1.165, 1.54) is 5.57 Å². The van der Waals surface area contributed by atoms with Crippen molar-refractivity contribution in [2.75, 3.05) is 0 Å². The smallest absolute Gasteiger partial charge is 0.259 e. The first-order chi connectivity index (χ1) is 16.9. The number of ketones is 1. The van der Waals surface area contributed by atoms with Gasteiger partial charge in [-0.3, -0.25) is 9.59 Å². The number of aliphatic hydroxyl groups excluding tert-OH is 3. The van der Waals surface area contributed by atoms with E-state index < -0.39 is 34.5 Å². The van der Waals surface area contributed by atoms with Gasteiger partial charge in [0, 0.05) is 16.7 Å². The molecule has 5 aliphatic rings. The maximum Gasteiger partial charge on any atom is 0.259 e. The second-order valence-electron chi connectivity index (χ2n) is 13.0. The average Bonchev–Trinajstić information content (AvgIpc) is 3.07. The van der Waals surface area contributed by atoms with Crippen LogP contribution in [0.3, 0.4) is 0 Å². The molecule has 0 aromatic carbocycles. The molecule has 36 heavy (non-hydrogen) atoms. The van der Waals surface area contributed by atoms with Crippen molar-refractivity contribution in [2.45, 2.75) is 97.3 Å². The molecule has 2 fully saturated rings. The molecule has 10 atom stereocenters. The van der Waals surface area contributed by atoms with Gasteiger partial charge in [-0.2, -0.15) is 0 Å². The maximum atomic E-state index is 14.4. The van der Waals surface area contributed by atoms with E-state index in [2.05, 4.69) is 38.2 Å². The van der Waals surface area contributed by atoms with Gasteiger partial charge in [0.05, 0.1) is 12.2 Å². The molecule has 1 saturated heterocycles. The van der Waals surface area contributed by atoms with Gasteiger partial charge in [-0.15, -0.1) is 0 Å². The Balaban J connectivity index is 1.76. The number of Topliss-reactive ketones (excluding diaryl/α,β-unsaturated/α-hetero) is 1. The molecular formula is C30H43NO5. The summed E-state index contributed by atoms with van der Waals surface area (Å²) >= 11 is 0. The number of rotatable bonds is 1. The van der Waals surface area contributed by atoms with Gasteiger partial charge in [0.25, 0.3) is 5.91 Å². The molecule has 5 rings (SSSR count). The third-order valence-corrected chi connectivity index (χ3v) is 11.1. The summed E-state index contributed by atoms with van der Waals surface area (Å²) in [6.45, 7) is 10.2. The van der Waals surface area contributed by atoms with Gasteiger partial charge < -0.3 is 20.6 Å². The average molecular weight is 498 g/mol.